The van der Waals surface area contributed by atoms with Crippen LogP contribution in [0.5, 0.6) is 11.5 Å². The molecule has 0 spiro atoms. The quantitative estimate of drug-likeness (QED) is 0.155. The van der Waals surface area contributed by atoms with Crippen molar-refractivity contribution >= 4 is 5.57 Å². The molecule has 0 fully saturated rings. The Morgan fingerprint density at radius 2 is 1.72 bits per heavy atom. The van der Waals surface area contributed by atoms with Gasteiger partial charge < -0.3 is 14.0 Å². The van der Waals surface area contributed by atoms with E-state index in [9.17, 15) is 23.2 Å². The molecule has 5 nitrogen and oxygen atoms in total. The van der Waals surface area contributed by atoms with Crippen LogP contribution in [0.1, 0.15) is 62.9 Å². The van der Waals surface area contributed by atoms with Gasteiger partial charge in [-0.2, -0.15) is 18.4 Å². The maximum Gasteiger partial charge on any atom is 0.417 e. The predicted molar refractivity (Wildman–Crippen MR) is 182 cm³/mol. The highest BCUT2D eigenvalue weighted by molar-refractivity contribution is 5.75. The summed E-state index contributed by atoms with van der Waals surface area (Å²) >= 11 is 0. The third kappa shape index (κ3) is 11.1. The molecular weight excluding hydrogens is 601 g/mol. The van der Waals surface area contributed by atoms with Crippen LogP contribution in [-0.4, -0.2) is 11.2 Å². The summed E-state index contributed by atoms with van der Waals surface area (Å²) < 4.78 is 55.4. The van der Waals surface area contributed by atoms with Gasteiger partial charge in [0.25, 0.3) is 5.56 Å². The number of nitrogens with zero attached hydrogens (tertiary/aromatic N) is 2. The zero-order valence-electron chi connectivity index (χ0n) is 27.3. The molecule has 0 N–H and O–H groups in total. The fourth-order valence-electron chi connectivity index (χ4n) is 4.59. The average Bonchev–Trinajstić information content (AvgIpc) is 3.04. The van der Waals surface area contributed by atoms with Gasteiger partial charge in [-0.3, -0.25) is 4.79 Å². The van der Waals surface area contributed by atoms with E-state index in [-0.39, 0.29) is 24.8 Å². The van der Waals surface area contributed by atoms with Gasteiger partial charge >= 0.3 is 6.18 Å². The number of rotatable bonds is 15. The highest BCUT2D eigenvalue weighted by atomic mass is 19.4. The van der Waals surface area contributed by atoms with Gasteiger partial charge in [0.05, 0.1) is 11.3 Å². The first-order valence-corrected chi connectivity index (χ1v) is 15.5. The Labute approximate surface area is 275 Å². The number of nitriles is 1. The van der Waals surface area contributed by atoms with Crippen molar-refractivity contribution in [1.29, 1.82) is 5.26 Å². The third-order valence-corrected chi connectivity index (χ3v) is 7.22. The fraction of sp³-hybridized carbons (Fsp3) is 0.282. The zero-order valence-corrected chi connectivity index (χ0v) is 27.3. The fourth-order valence-corrected chi connectivity index (χ4v) is 4.59. The van der Waals surface area contributed by atoms with Crippen molar-refractivity contribution in [2.45, 2.75) is 59.9 Å². The van der Waals surface area contributed by atoms with E-state index in [1.165, 1.54) is 10.6 Å². The molecule has 1 aromatic heterocycles. The van der Waals surface area contributed by atoms with E-state index in [2.05, 4.69) is 6.58 Å². The minimum atomic E-state index is -4.90. The van der Waals surface area contributed by atoms with Gasteiger partial charge in [-0.15, -0.1) is 0 Å². The van der Waals surface area contributed by atoms with Crippen molar-refractivity contribution in [2.24, 2.45) is 5.92 Å². The van der Waals surface area contributed by atoms with Crippen molar-refractivity contribution in [3.05, 3.63) is 148 Å². The second-order valence-corrected chi connectivity index (χ2v) is 11.2. The van der Waals surface area contributed by atoms with Gasteiger partial charge in [-0.05, 0) is 61.1 Å². The molecule has 3 rings (SSSR count). The van der Waals surface area contributed by atoms with Crippen LogP contribution in [0.25, 0.3) is 5.57 Å². The van der Waals surface area contributed by atoms with E-state index in [1.807, 2.05) is 82.3 Å². The van der Waals surface area contributed by atoms with E-state index >= 15 is 0 Å². The minimum Gasteiger partial charge on any atom is -0.489 e. The van der Waals surface area contributed by atoms with Crippen molar-refractivity contribution in [3.63, 3.8) is 0 Å². The van der Waals surface area contributed by atoms with Crippen LogP contribution in [0.15, 0.2) is 120 Å². The Kier molecular flexibility index (Phi) is 13.7. The SMILES string of the molecule is C=C(/C=C(\C=C/COc1cccc(OCc2ccccc2)c1)c1cc(C(F)(F)F)c(C#N)c(=O)n1CC/C=C\C(C)=C/CC)C(C)C. The van der Waals surface area contributed by atoms with Crippen molar-refractivity contribution in [3.8, 4) is 17.6 Å². The van der Waals surface area contributed by atoms with Gasteiger partial charge in [-0.1, -0.05) is 105 Å². The predicted octanol–water partition coefficient (Wildman–Crippen LogP) is 9.85. The molecule has 8 heteroatoms. The Morgan fingerprint density at radius 3 is 2.36 bits per heavy atom. The lowest BCUT2D eigenvalue weighted by Gasteiger charge is -2.18. The maximum absolute atomic E-state index is 14.1. The number of halogens is 3. The second-order valence-electron chi connectivity index (χ2n) is 11.2. The summed E-state index contributed by atoms with van der Waals surface area (Å²) in [5, 5.41) is 9.58. The number of hydrogen-bond acceptors (Lipinski definition) is 4. The Bertz CT molecular complexity index is 1740. The summed E-state index contributed by atoms with van der Waals surface area (Å²) in [5.41, 5.74) is -0.109. The number of ether oxygens (including phenoxy) is 2. The lowest BCUT2D eigenvalue weighted by atomic mass is 9.98. The van der Waals surface area contributed by atoms with Gasteiger partial charge in [0.2, 0.25) is 0 Å². The Morgan fingerprint density at radius 1 is 1.02 bits per heavy atom. The minimum absolute atomic E-state index is 0.00910. The molecule has 0 bridgehead atoms. The molecule has 0 unspecified atom stereocenters. The van der Waals surface area contributed by atoms with Crippen molar-refractivity contribution in [2.75, 3.05) is 6.61 Å². The molecule has 0 radical (unpaired) electrons. The molecule has 0 aliphatic carbocycles. The largest absolute Gasteiger partial charge is 0.489 e. The number of benzene rings is 2. The van der Waals surface area contributed by atoms with Crippen LogP contribution in [0, 0.1) is 17.2 Å². The van der Waals surface area contributed by atoms with Gasteiger partial charge in [0.1, 0.15) is 36.3 Å². The van der Waals surface area contributed by atoms with Crippen LogP contribution in [0.2, 0.25) is 0 Å². The zero-order chi connectivity index (χ0) is 34.4. The highest BCUT2D eigenvalue weighted by Gasteiger charge is 2.36. The maximum atomic E-state index is 14.1. The molecule has 0 aliphatic heterocycles. The molecule has 0 aliphatic rings. The number of aromatic nitrogens is 1. The molecule has 0 atom stereocenters. The number of alkyl halides is 3. The monoisotopic (exact) mass is 642 g/mol. The standard InChI is InChI=1S/C39H41F3N2O3/c1-6-14-29(4)15-10-11-21-44-37(25-36(39(40,41)42)35(26-43)38(44)45)32(23-30(5)28(2)3)18-13-22-46-33-19-12-20-34(24-33)47-27-31-16-8-7-9-17-31/h7-10,12-20,23-25,28H,5-6,11,21-22,27H2,1-4H3/b15-10-,18-13-,29-14-,32-23+. The van der Waals surface area contributed by atoms with E-state index in [0.717, 1.165) is 23.6 Å². The van der Waals surface area contributed by atoms with E-state index in [0.29, 0.717) is 35.7 Å². The molecule has 47 heavy (non-hydrogen) atoms. The molecule has 2 aromatic carbocycles. The van der Waals surface area contributed by atoms with Crippen LogP contribution < -0.4 is 15.0 Å². The van der Waals surface area contributed by atoms with Crippen LogP contribution in [0.4, 0.5) is 13.2 Å². The van der Waals surface area contributed by atoms with E-state index in [1.54, 1.807) is 36.4 Å². The number of allylic oxidation sites excluding steroid dienone is 8. The van der Waals surface area contributed by atoms with Crippen molar-refractivity contribution < 1.29 is 22.6 Å². The Balaban J connectivity index is 1.95. The normalized spacial score (nSPS) is 12.6. The van der Waals surface area contributed by atoms with E-state index in [4.69, 9.17) is 9.47 Å². The highest BCUT2D eigenvalue weighted by Crippen LogP contribution is 2.33. The van der Waals surface area contributed by atoms with Crippen LogP contribution in [-0.2, 0) is 19.3 Å². The third-order valence-electron chi connectivity index (χ3n) is 7.22. The van der Waals surface area contributed by atoms with Gasteiger partial charge in [0, 0.05) is 12.6 Å². The van der Waals surface area contributed by atoms with Gasteiger partial charge in [0.15, 0.2) is 0 Å². The first kappa shape index (κ1) is 36.4. The summed E-state index contributed by atoms with van der Waals surface area (Å²) in [7, 11) is 0. The van der Waals surface area contributed by atoms with Crippen molar-refractivity contribution in [1.82, 2.24) is 4.57 Å². The molecular formula is C39H41F3N2O3. The summed E-state index contributed by atoms with van der Waals surface area (Å²) in [4.78, 5) is 13.4. The van der Waals surface area contributed by atoms with Gasteiger partial charge in [-0.25, -0.2) is 0 Å². The van der Waals surface area contributed by atoms with Crippen LogP contribution in [0.3, 0.4) is 0 Å². The second kappa shape index (κ2) is 17.6. The molecule has 0 saturated heterocycles. The molecule has 246 valence electrons. The molecule has 0 amide bonds. The van der Waals surface area contributed by atoms with Crippen LogP contribution >= 0.6 is 0 Å². The molecule has 3 aromatic rings. The number of pyridine rings is 1. The lowest BCUT2D eigenvalue weighted by Crippen LogP contribution is -2.29. The molecule has 1 heterocycles. The summed E-state index contributed by atoms with van der Waals surface area (Å²) in [6.07, 6.45) is 7.08. The average molecular weight is 643 g/mol. The van der Waals surface area contributed by atoms with E-state index < -0.39 is 22.9 Å². The summed E-state index contributed by atoms with van der Waals surface area (Å²) in [6, 6.07) is 19.3. The topological polar surface area (TPSA) is 64.2 Å². The lowest BCUT2D eigenvalue weighted by molar-refractivity contribution is -0.138. The first-order chi connectivity index (χ1) is 22.4. The molecule has 0 saturated carbocycles. The number of hydrogen-bond donors (Lipinski definition) is 0. The summed E-state index contributed by atoms with van der Waals surface area (Å²) in [5.74, 6) is 1.16. The summed E-state index contributed by atoms with van der Waals surface area (Å²) in [6.45, 7) is 12.4. The Hall–Kier alpha value is -5.03. The smallest absolute Gasteiger partial charge is 0.417 e. The first-order valence-electron chi connectivity index (χ1n) is 15.5.